The highest BCUT2D eigenvalue weighted by atomic mass is 16.5. The molecule has 1 aromatic carbocycles. The number of hydrogen-bond donors (Lipinski definition) is 1. The molecule has 0 aliphatic carbocycles. The Bertz CT molecular complexity index is 566. The topological polar surface area (TPSA) is 56.2 Å². The fourth-order valence-electron chi connectivity index (χ4n) is 2.14. The lowest BCUT2D eigenvalue weighted by Crippen LogP contribution is -2.41. The summed E-state index contributed by atoms with van der Waals surface area (Å²) < 4.78 is 6.85. The SMILES string of the molecule is CCNC(Cn1cc(-c2ccccc2)cn1)C(=O)OCC. The molecule has 0 fully saturated rings. The van der Waals surface area contributed by atoms with Gasteiger partial charge in [0.15, 0.2) is 0 Å². The zero-order chi connectivity index (χ0) is 15.1. The van der Waals surface area contributed by atoms with E-state index in [1.807, 2.05) is 56.6 Å². The number of aromatic nitrogens is 2. The van der Waals surface area contributed by atoms with Gasteiger partial charge in [-0.25, -0.2) is 0 Å². The largest absolute Gasteiger partial charge is 0.465 e. The van der Waals surface area contributed by atoms with Crippen molar-refractivity contribution in [3.05, 3.63) is 42.7 Å². The summed E-state index contributed by atoms with van der Waals surface area (Å²) >= 11 is 0. The Morgan fingerprint density at radius 2 is 2.05 bits per heavy atom. The van der Waals surface area contributed by atoms with Crippen LogP contribution in [0.4, 0.5) is 0 Å². The number of likely N-dealkylation sites (N-methyl/N-ethyl adjacent to an activating group) is 1. The lowest BCUT2D eigenvalue weighted by Gasteiger charge is -2.16. The van der Waals surface area contributed by atoms with Crippen LogP contribution in [0.15, 0.2) is 42.7 Å². The Morgan fingerprint density at radius 3 is 2.71 bits per heavy atom. The number of ether oxygens (including phenoxy) is 1. The van der Waals surface area contributed by atoms with Gasteiger partial charge in [-0.1, -0.05) is 37.3 Å². The van der Waals surface area contributed by atoms with Crippen molar-refractivity contribution in [2.24, 2.45) is 0 Å². The Hall–Kier alpha value is -2.14. The minimum atomic E-state index is -0.376. The zero-order valence-electron chi connectivity index (χ0n) is 12.5. The van der Waals surface area contributed by atoms with E-state index in [1.165, 1.54) is 0 Å². The maximum Gasteiger partial charge on any atom is 0.325 e. The third-order valence-electron chi connectivity index (χ3n) is 3.13. The Kier molecular flexibility index (Phi) is 5.51. The van der Waals surface area contributed by atoms with Crippen LogP contribution in [0.2, 0.25) is 0 Å². The number of benzene rings is 1. The van der Waals surface area contributed by atoms with Crippen molar-refractivity contribution >= 4 is 5.97 Å². The van der Waals surface area contributed by atoms with Gasteiger partial charge in [0, 0.05) is 11.8 Å². The highest BCUT2D eigenvalue weighted by Crippen LogP contribution is 2.17. The third-order valence-corrected chi connectivity index (χ3v) is 3.13. The average molecular weight is 287 g/mol. The minimum Gasteiger partial charge on any atom is -0.465 e. The summed E-state index contributed by atoms with van der Waals surface area (Å²) in [6.07, 6.45) is 3.75. The molecule has 0 aliphatic heterocycles. The van der Waals surface area contributed by atoms with Gasteiger partial charge in [0.2, 0.25) is 0 Å². The number of hydrogen-bond acceptors (Lipinski definition) is 4. The zero-order valence-corrected chi connectivity index (χ0v) is 12.5. The van der Waals surface area contributed by atoms with Crippen LogP contribution in [0.25, 0.3) is 11.1 Å². The van der Waals surface area contributed by atoms with E-state index in [2.05, 4.69) is 10.4 Å². The summed E-state index contributed by atoms with van der Waals surface area (Å²) in [5, 5.41) is 7.46. The molecule has 0 bridgehead atoms. The van der Waals surface area contributed by atoms with Gasteiger partial charge in [-0.3, -0.25) is 9.48 Å². The lowest BCUT2D eigenvalue weighted by atomic mass is 10.1. The number of rotatable bonds is 7. The highest BCUT2D eigenvalue weighted by molar-refractivity contribution is 5.75. The summed E-state index contributed by atoms with van der Waals surface area (Å²) in [5.41, 5.74) is 2.15. The van der Waals surface area contributed by atoms with Gasteiger partial charge < -0.3 is 10.1 Å². The fourth-order valence-corrected chi connectivity index (χ4v) is 2.14. The van der Waals surface area contributed by atoms with Crippen LogP contribution >= 0.6 is 0 Å². The molecule has 0 saturated heterocycles. The minimum absolute atomic E-state index is 0.240. The summed E-state index contributed by atoms with van der Waals surface area (Å²) in [5.74, 6) is -0.240. The van der Waals surface area contributed by atoms with Gasteiger partial charge in [0.25, 0.3) is 0 Å². The van der Waals surface area contributed by atoms with Crippen molar-refractivity contribution in [3.8, 4) is 11.1 Å². The quantitative estimate of drug-likeness (QED) is 0.792. The van der Waals surface area contributed by atoms with Gasteiger partial charge in [-0.15, -0.1) is 0 Å². The van der Waals surface area contributed by atoms with Crippen molar-refractivity contribution in [2.75, 3.05) is 13.2 Å². The van der Waals surface area contributed by atoms with E-state index < -0.39 is 0 Å². The second-order valence-corrected chi connectivity index (χ2v) is 4.68. The van der Waals surface area contributed by atoms with Gasteiger partial charge >= 0.3 is 5.97 Å². The van der Waals surface area contributed by atoms with E-state index in [-0.39, 0.29) is 12.0 Å². The molecule has 1 N–H and O–H groups in total. The summed E-state index contributed by atoms with van der Waals surface area (Å²) in [6.45, 7) is 5.32. The summed E-state index contributed by atoms with van der Waals surface area (Å²) in [4.78, 5) is 11.9. The predicted molar refractivity (Wildman–Crippen MR) is 81.8 cm³/mol. The molecule has 1 atom stereocenters. The molecule has 0 spiro atoms. The molecular formula is C16H21N3O2. The van der Waals surface area contributed by atoms with E-state index in [0.29, 0.717) is 19.7 Å². The molecule has 0 saturated carbocycles. The van der Waals surface area contributed by atoms with Crippen molar-refractivity contribution in [3.63, 3.8) is 0 Å². The molecule has 1 aromatic heterocycles. The third kappa shape index (κ3) is 4.16. The second kappa shape index (κ2) is 7.59. The van der Waals surface area contributed by atoms with Crippen molar-refractivity contribution < 1.29 is 9.53 Å². The number of carbonyl (C=O) groups excluding carboxylic acids is 1. The van der Waals surface area contributed by atoms with E-state index in [0.717, 1.165) is 11.1 Å². The Labute approximate surface area is 124 Å². The smallest absolute Gasteiger partial charge is 0.325 e. The normalized spacial score (nSPS) is 12.1. The summed E-state index contributed by atoms with van der Waals surface area (Å²) in [6, 6.07) is 9.66. The lowest BCUT2D eigenvalue weighted by molar-refractivity contribution is -0.146. The molecule has 0 radical (unpaired) electrons. The van der Waals surface area contributed by atoms with Crippen molar-refractivity contribution in [2.45, 2.75) is 26.4 Å². The van der Waals surface area contributed by atoms with Gasteiger partial charge in [0.1, 0.15) is 6.04 Å². The molecule has 5 heteroatoms. The molecule has 0 amide bonds. The molecule has 2 rings (SSSR count). The van der Waals surface area contributed by atoms with E-state index in [1.54, 1.807) is 4.68 Å². The fraction of sp³-hybridized carbons (Fsp3) is 0.375. The van der Waals surface area contributed by atoms with Crippen molar-refractivity contribution in [1.82, 2.24) is 15.1 Å². The van der Waals surface area contributed by atoms with Crippen LogP contribution in [-0.2, 0) is 16.1 Å². The number of nitrogens with one attached hydrogen (secondary N) is 1. The van der Waals surface area contributed by atoms with Crippen LogP contribution in [0.3, 0.4) is 0 Å². The van der Waals surface area contributed by atoms with Crippen LogP contribution < -0.4 is 5.32 Å². The monoisotopic (exact) mass is 287 g/mol. The number of esters is 1. The standard InChI is InChI=1S/C16H21N3O2/c1-3-17-15(16(20)21-4-2)12-19-11-14(10-18-19)13-8-6-5-7-9-13/h5-11,15,17H,3-4,12H2,1-2H3. The van der Waals surface area contributed by atoms with E-state index >= 15 is 0 Å². The first kappa shape index (κ1) is 15.3. The van der Waals surface area contributed by atoms with Crippen LogP contribution in [0.1, 0.15) is 13.8 Å². The van der Waals surface area contributed by atoms with Crippen LogP contribution in [0, 0.1) is 0 Å². The average Bonchev–Trinajstić information content (AvgIpc) is 2.96. The van der Waals surface area contributed by atoms with Gasteiger partial charge in [-0.2, -0.15) is 5.10 Å². The maximum absolute atomic E-state index is 11.9. The first-order valence-corrected chi connectivity index (χ1v) is 7.22. The highest BCUT2D eigenvalue weighted by Gasteiger charge is 2.19. The second-order valence-electron chi connectivity index (χ2n) is 4.68. The van der Waals surface area contributed by atoms with Gasteiger partial charge in [-0.05, 0) is 19.0 Å². The Morgan fingerprint density at radius 1 is 1.29 bits per heavy atom. The first-order chi connectivity index (χ1) is 10.2. The van der Waals surface area contributed by atoms with Crippen LogP contribution in [-0.4, -0.2) is 34.9 Å². The molecule has 0 aliphatic rings. The Balaban J connectivity index is 2.08. The molecule has 2 aromatic rings. The first-order valence-electron chi connectivity index (χ1n) is 7.22. The molecule has 21 heavy (non-hydrogen) atoms. The number of nitrogens with zero attached hydrogens (tertiary/aromatic N) is 2. The summed E-state index contributed by atoms with van der Waals surface area (Å²) in [7, 11) is 0. The number of carbonyl (C=O) groups is 1. The molecular weight excluding hydrogens is 266 g/mol. The van der Waals surface area contributed by atoms with Gasteiger partial charge in [0.05, 0.1) is 19.3 Å². The maximum atomic E-state index is 11.9. The molecule has 112 valence electrons. The molecule has 1 unspecified atom stereocenters. The molecule has 1 heterocycles. The van der Waals surface area contributed by atoms with Crippen molar-refractivity contribution in [1.29, 1.82) is 0 Å². The molecule has 5 nitrogen and oxygen atoms in total. The predicted octanol–water partition coefficient (Wildman–Crippen LogP) is 2.09. The van der Waals surface area contributed by atoms with E-state index in [9.17, 15) is 4.79 Å². The van der Waals surface area contributed by atoms with Crippen LogP contribution in [0.5, 0.6) is 0 Å². The van der Waals surface area contributed by atoms with E-state index in [4.69, 9.17) is 4.74 Å².